The molecule has 4 nitrogen and oxygen atoms in total. The Labute approximate surface area is 368 Å². The predicted molar refractivity (Wildman–Crippen MR) is 265 cm³/mol. The molecule has 0 N–H and O–H groups in total. The minimum absolute atomic E-state index is 0.620. The molecule has 0 saturated carbocycles. The molecule has 0 aliphatic carbocycles. The van der Waals surface area contributed by atoms with Crippen LogP contribution in [-0.2, 0) is 0 Å². The van der Waals surface area contributed by atoms with Gasteiger partial charge in [-0.25, -0.2) is 19.9 Å². The molecule has 0 spiro atoms. The van der Waals surface area contributed by atoms with Crippen LogP contribution in [0.25, 0.3) is 89.4 Å². The number of fused-ring (bicyclic) bond motifs is 3. The van der Waals surface area contributed by atoms with E-state index in [4.69, 9.17) is 19.9 Å². The molecule has 0 fully saturated rings. The second-order valence-corrected chi connectivity index (χ2v) is 18.1. The summed E-state index contributed by atoms with van der Waals surface area (Å²) in [4.78, 5) is 20.7. The Morgan fingerprint density at radius 3 is 1.33 bits per heavy atom. The fraction of sp³-hybridized carbons (Fsp3) is 0. The molecule has 0 amide bonds. The smallest absolute Gasteiger partial charge is 0.164 e. The zero-order valence-corrected chi connectivity index (χ0v) is 35.3. The molecule has 0 aliphatic rings. The van der Waals surface area contributed by atoms with Crippen LogP contribution in [0.3, 0.4) is 0 Å². The Morgan fingerprint density at radius 2 is 0.714 bits per heavy atom. The van der Waals surface area contributed by atoms with E-state index in [0.29, 0.717) is 17.5 Å². The van der Waals surface area contributed by atoms with E-state index in [1.54, 1.807) is 0 Å². The van der Waals surface area contributed by atoms with Crippen molar-refractivity contribution in [1.82, 2.24) is 19.9 Å². The Morgan fingerprint density at radius 1 is 0.270 bits per heavy atom. The molecule has 2 heterocycles. The first-order chi connectivity index (χ1) is 31.2. The maximum atomic E-state index is 5.31. The van der Waals surface area contributed by atoms with Gasteiger partial charge >= 0.3 is 0 Å². The summed E-state index contributed by atoms with van der Waals surface area (Å²) in [5.41, 5.74) is 10.3. The molecule has 2 aromatic heterocycles. The van der Waals surface area contributed by atoms with Gasteiger partial charge < -0.3 is 0 Å². The minimum Gasteiger partial charge on any atom is -0.247 e. The van der Waals surface area contributed by atoms with Gasteiger partial charge in [0.05, 0.1) is 19.1 Å². The zero-order valence-electron chi connectivity index (χ0n) is 34.3. The topological polar surface area (TPSA) is 51.6 Å². The van der Waals surface area contributed by atoms with Crippen LogP contribution in [0.1, 0.15) is 0 Å². The lowest BCUT2D eigenvalue weighted by atomic mass is 9.91. The number of hydrogen-bond donors (Lipinski definition) is 0. The standard InChI is InChI=1S/C58H39N4P/c1-6-18-40(19-7-1)50-30-17-31-51-54(50)52-39-45(34-37-53(52)59-55(51)41-20-8-2-9-21-41)44-24-16-25-46(38-44)58-61-56(42-22-10-3-11-23-42)60-57(62-58)43-32-35-49(36-33-43)63(47-26-12-4-13-27-47)48-28-14-5-15-29-48/h1-39H/p+1. The van der Waals surface area contributed by atoms with E-state index in [9.17, 15) is 0 Å². The van der Waals surface area contributed by atoms with Crippen LogP contribution in [0.4, 0.5) is 0 Å². The first kappa shape index (κ1) is 38.0. The number of benzene rings is 9. The van der Waals surface area contributed by atoms with Crippen LogP contribution >= 0.6 is 7.92 Å². The Bertz CT molecular complexity index is 3320. The fourth-order valence-corrected chi connectivity index (χ4v) is 11.1. The molecule has 296 valence electrons. The third-order valence-corrected chi connectivity index (χ3v) is 14.4. The SMILES string of the molecule is c1ccc(-c2nc(-c3ccc([PH+](c4ccccc4)c4ccccc4)cc3)nc(-c3cccc(-c4ccc5nc(-c6ccccc6)c6cccc(-c7ccccc7)c6c5c4)c3)n2)cc1. The average Bonchev–Trinajstić information content (AvgIpc) is 3.37. The summed E-state index contributed by atoms with van der Waals surface area (Å²) in [6.45, 7) is 0. The van der Waals surface area contributed by atoms with Crippen molar-refractivity contribution in [3.8, 4) is 67.7 Å². The maximum Gasteiger partial charge on any atom is 0.164 e. The van der Waals surface area contributed by atoms with Crippen molar-refractivity contribution in [1.29, 1.82) is 0 Å². The van der Waals surface area contributed by atoms with E-state index in [0.717, 1.165) is 55.4 Å². The summed E-state index contributed by atoms with van der Waals surface area (Å²) in [7, 11) is -1.22. The number of hydrogen-bond acceptors (Lipinski definition) is 4. The van der Waals surface area contributed by atoms with Gasteiger partial charge in [0.1, 0.15) is 15.9 Å². The lowest BCUT2D eigenvalue weighted by molar-refractivity contribution is 1.07. The van der Waals surface area contributed by atoms with Gasteiger partial charge in [-0.3, -0.25) is 0 Å². The van der Waals surface area contributed by atoms with Crippen molar-refractivity contribution in [2.45, 2.75) is 0 Å². The first-order valence-corrected chi connectivity index (χ1v) is 22.7. The molecular weight excluding hydrogens is 784 g/mol. The van der Waals surface area contributed by atoms with E-state index in [1.165, 1.54) is 32.4 Å². The highest BCUT2D eigenvalue weighted by Gasteiger charge is 2.25. The molecule has 0 atom stereocenters. The predicted octanol–water partition coefficient (Wildman–Crippen LogP) is 13.1. The molecule has 0 unspecified atom stereocenters. The summed E-state index contributed by atoms with van der Waals surface area (Å²) in [6, 6.07) is 83.5. The normalized spacial score (nSPS) is 11.3. The van der Waals surface area contributed by atoms with Gasteiger partial charge in [0, 0.05) is 38.4 Å². The largest absolute Gasteiger partial charge is 0.247 e. The van der Waals surface area contributed by atoms with E-state index >= 15 is 0 Å². The van der Waals surface area contributed by atoms with E-state index in [1.807, 2.05) is 18.2 Å². The Kier molecular flexibility index (Phi) is 10.2. The molecular formula is C58H40N4P+. The van der Waals surface area contributed by atoms with Crippen LogP contribution in [0.2, 0.25) is 0 Å². The van der Waals surface area contributed by atoms with E-state index < -0.39 is 7.92 Å². The van der Waals surface area contributed by atoms with Crippen molar-refractivity contribution in [2.24, 2.45) is 0 Å². The summed E-state index contributed by atoms with van der Waals surface area (Å²) in [5.74, 6) is 1.89. The van der Waals surface area contributed by atoms with Crippen molar-refractivity contribution < 1.29 is 0 Å². The molecule has 0 aliphatic heterocycles. The monoisotopic (exact) mass is 823 g/mol. The molecule has 63 heavy (non-hydrogen) atoms. The van der Waals surface area contributed by atoms with Crippen molar-refractivity contribution in [3.63, 3.8) is 0 Å². The second-order valence-electron chi connectivity index (χ2n) is 15.6. The number of nitrogens with zero attached hydrogens (tertiary/aromatic N) is 4. The van der Waals surface area contributed by atoms with Crippen molar-refractivity contribution >= 4 is 45.5 Å². The highest BCUT2D eigenvalue weighted by atomic mass is 31.1. The van der Waals surface area contributed by atoms with Crippen LogP contribution in [-0.4, -0.2) is 19.9 Å². The van der Waals surface area contributed by atoms with Crippen molar-refractivity contribution in [2.75, 3.05) is 0 Å². The molecule has 0 saturated heterocycles. The summed E-state index contributed by atoms with van der Waals surface area (Å²) in [6.07, 6.45) is 0. The Balaban J connectivity index is 1.02. The third-order valence-electron chi connectivity index (χ3n) is 11.6. The van der Waals surface area contributed by atoms with Crippen LogP contribution in [0.5, 0.6) is 0 Å². The highest BCUT2D eigenvalue weighted by Crippen LogP contribution is 2.40. The molecule has 0 radical (unpaired) electrons. The molecule has 11 aromatic rings. The van der Waals surface area contributed by atoms with Gasteiger partial charge in [0.25, 0.3) is 0 Å². The Hall–Kier alpha value is -7.91. The third kappa shape index (κ3) is 7.59. The molecule has 9 aromatic carbocycles. The van der Waals surface area contributed by atoms with Gasteiger partial charge in [-0.05, 0) is 89.0 Å². The zero-order chi connectivity index (χ0) is 42.0. The van der Waals surface area contributed by atoms with Crippen LogP contribution < -0.4 is 15.9 Å². The fourth-order valence-electron chi connectivity index (χ4n) is 8.59. The van der Waals surface area contributed by atoms with Gasteiger partial charge in [-0.1, -0.05) is 170 Å². The lowest BCUT2D eigenvalue weighted by Gasteiger charge is -2.15. The molecule has 5 heteroatoms. The van der Waals surface area contributed by atoms with Gasteiger partial charge in [0.2, 0.25) is 0 Å². The average molecular weight is 824 g/mol. The van der Waals surface area contributed by atoms with Crippen LogP contribution in [0, 0.1) is 0 Å². The second kappa shape index (κ2) is 16.9. The summed E-state index contributed by atoms with van der Waals surface area (Å²) in [5, 5.41) is 7.41. The number of rotatable bonds is 9. The minimum atomic E-state index is -1.22. The van der Waals surface area contributed by atoms with Crippen LogP contribution in [0.15, 0.2) is 237 Å². The molecule has 11 rings (SSSR count). The maximum absolute atomic E-state index is 5.31. The molecule has 0 bridgehead atoms. The summed E-state index contributed by atoms with van der Waals surface area (Å²) < 4.78 is 0. The van der Waals surface area contributed by atoms with Gasteiger partial charge in [-0.15, -0.1) is 0 Å². The van der Waals surface area contributed by atoms with Gasteiger partial charge in [0.15, 0.2) is 17.5 Å². The van der Waals surface area contributed by atoms with Crippen molar-refractivity contribution in [3.05, 3.63) is 237 Å². The van der Waals surface area contributed by atoms with E-state index in [2.05, 4.69) is 218 Å². The van der Waals surface area contributed by atoms with Gasteiger partial charge in [-0.2, -0.15) is 0 Å². The highest BCUT2D eigenvalue weighted by molar-refractivity contribution is 7.79. The number of pyridine rings is 1. The van der Waals surface area contributed by atoms with E-state index in [-0.39, 0.29) is 0 Å². The quantitative estimate of drug-likeness (QED) is 0.107. The summed E-state index contributed by atoms with van der Waals surface area (Å²) >= 11 is 0. The number of aromatic nitrogens is 4. The first-order valence-electron chi connectivity index (χ1n) is 21.2. The lowest BCUT2D eigenvalue weighted by Crippen LogP contribution is -2.20.